The molecule has 0 atom stereocenters. The van der Waals surface area contributed by atoms with Gasteiger partial charge in [0, 0.05) is 17.3 Å². The SMILES string of the molecule is CCCc1[nH]n(-c2ccccc2)c(=O)c1/C(C)=N/NC(=O)c1cc(OC)cc(OC)c1. The van der Waals surface area contributed by atoms with E-state index in [1.54, 1.807) is 25.1 Å². The Kier molecular flexibility index (Phi) is 6.92. The zero-order valence-electron chi connectivity index (χ0n) is 18.1. The molecule has 0 saturated carbocycles. The van der Waals surface area contributed by atoms with Crippen LogP contribution in [0.3, 0.4) is 0 Å². The van der Waals surface area contributed by atoms with Crippen molar-refractivity contribution in [2.75, 3.05) is 14.2 Å². The van der Waals surface area contributed by atoms with Gasteiger partial charge in [0.1, 0.15) is 11.5 Å². The topological polar surface area (TPSA) is 97.7 Å². The van der Waals surface area contributed by atoms with E-state index >= 15 is 0 Å². The molecule has 0 fully saturated rings. The molecule has 3 aromatic rings. The van der Waals surface area contributed by atoms with Crippen molar-refractivity contribution in [1.82, 2.24) is 15.2 Å². The smallest absolute Gasteiger partial charge is 0.280 e. The summed E-state index contributed by atoms with van der Waals surface area (Å²) in [4.78, 5) is 25.7. The summed E-state index contributed by atoms with van der Waals surface area (Å²) >= 11 is 0. The van der Waals surface area contributed by atoms with Crippen LogP contribution < -0.4 is 20.5 Å². The molecule has 162 valence electrons. The molecule has 0 spiro atoms. The van der Waals surface area contributed by atoms with E-state index in [1.807, 2.05) is 37.3 Å². The van der Waals surface area contributed by atoms with Crippen molar-refractivity contribution in [3.63, 3.8) is 0 Å². The average molecular weight is 422 g/mol. The number of aromatic amines is 1. The van der Waals surface area contributed by atoms with Crippen LogP contribution in [0.25, 0.3) is 5.69 Å². The lowest BCUT2D eigenvalue weighted by molar-refractivity contribution is 0.0954. The first kappa shape index (κ1) is 21.9. The van der Waals surface area contributed by atoms with Crippen molar-refractivity contribution in [3.05, 3.63) is 75.7 Å². The van der Waals surface area contributed by atoms with E-state index in [4.69, 9.17) is 9.47 Å². The number of rotatable bonds is 8. The minimum Gasteiger partial charge on any atom is -0.497 e. The Hall–Kier alpha value is -3.81. The zero-order chi connectivity index (χ0) is 22.4. The number of nitrogens with one attached hydrogen (secondary N) is 2. The number of ether oxygens (including phenoxy) is 2. The predicted octanol–water partition coefficient (Wildman–Crippen LogP) is 3.29. The maximum Gasteiger partial charge on any atom is 0.280 e. The number of nitrogens with zero attached hydrogens (tertiary/aromatic N) is 2. The number of aryl methyl sites for hydroxylation is 1. The quantitative estimate of drug-likeness (QED) is 0.430. The van der Waals surface area contributed by atoms with Crippen molar-refractivity contribution in [2.45, 2.75) is 26.7 Å². The van der Waals surface area contributed by atoms with Crippen LogP contribution >= 0.6 is 0 Å². The van der Waals surface area contributed by atoms with Crippen LogP contribution in [-0.4, -0.2) is 35.6 Å². The number of para-hydroxylation sites is 1. The fraction of sp³-hybridized carbons (Fsp3) is 0.261. The molecule has 0 bridgehead atoms. The molecule has 0 saturated heterocycles. The van der Waals surface area contributed by atoms with Crippen molar-refractivity contribution in [3.8, 4) is 17.2 Å². The highest BCUT2D eigenvalue weighted by molar-refractivity contribution is 6.01. The summed E-state index contributed by atoms with van der Waals surface area (Å²) in [6, 6.07) is 14.2. The highest BCUT2D eigenvalue weighted by atomic mass is 16.5. The second-order valence-corrected chi connectivity index (χ2v) is 6.93. The van der Waals surface area contributed by atoms with Crippen LogP contribution in [0, 0.1) is 0 Å². The molecule has 0 aliphatic carbocycles. The van der Waals surface area contributed by atoms with Crippen LogP contribution in [-0.2, 0) is 6.42 Å². The number of aromatic nitrogens is 2. The minimum atomic E-state index is -0.437. The molecule has 3 rings (SSSR count). The van der Waals surface area contributed by atoms with Gasteiger partial charge in [-0.2, -0.15) is 5.10 Å². The van der Waals surface area contributed by atoms with E-state index in [-0.39, 0.29) is 5.56 Å². The van der Waals surface area contributed by atoms with Gasteiger partial charge in [0.15, 0.2) is 0 Å². The van der Waals surface area contributed by atoms with Crippen LogP contribution in [0.15, 0.2) is 58.4 Å². The second-order valence-electron chi connectivity index (χ2n) is 6.93. The largest absolute Gasteiger partial charge is 0.497 e. The molecule has 2 N–H and O–H groups in total. The summed E-state index contributed by atoms with van der Waals surface area (Å²) in [5.41, 5.74) is 5.02. The summed E-state index contributed by atoms with van der Waals surface area (Å²) in [7, 11) is 3.02. The minimum absolute atomic E-state index is 0.215. The van der Waals surface area contributed by atoms with E-state index in [0.29, 0.717) is 34.8 Å². The molecule has 1 aromatic heterocycles. The third-order valence-corrected chi connectivity index (χ3v) is 4.78. The number of hydrazone groups is 1. The van der Waals surface area contributed by atoms with Crippen molar-refractivity contribution in [1.29, 1.82) is 0 Å². The standard InChI is InChI=1S/C23H26N4O4/c1-5-9-20-21(23(29)27(26-20)17-10-7-6-8-11-17)15(2)24-25-22(28)16-12-18(30-3)14-19(13-16)31-4/h6-8,10-14,26H,5,9H2,1-4H3,(H,25,28)/b24-15+. The summed E-state index contributed by atoms with van der Waals surface area (Å²) in [5, 5.41) is 7.37. The fourth-order valence-electron chi connectivity index (χ4n) is 3.24. The van der Waals surface area contributed by atoms with Gasteiger partial charge in [-0.25, -0.2) is 10.1 Å². The van der Waals surface area contributed by atoms with Gasteiger partial charge in [-0.15, -0.1) is 0 Å². The molecule has 0 radical (unpaired) electrons. The first-order valence-electron chi connectivity index (χ1n) is 9.95. The van der Waals surface area contributed by atoms with Crippen molar-refractivity contribution in [2.24, 2.45) is 5.10 Å². The Morgan fingerprint density at radius 1 is 1.10 bits per heavy atom. The summed E-state index contributed by atoms with van der Waals surface area (Å²) in [5.74, 6) is 0.547. The molecule has 0 aliphatic rings. The molecule has 0 unspecified atom stereocenters. The van der Waals surface area contributed by atoms with E-state index in [9.17, 15) is 9.59 Å². The summed E-state index contributed by atoms with van der Waals surface area (Å²) in [6.07, 6.45) is 1.53. The van der Waals surface area contributed by atoms with E-state index in [2.05, 4.69) is 15.6 Å². The van der Waals surface area contributed by atoms with Gasteiger partial charge in [0.25, 0.3) is 11.5 Å². The monoisotopic (exact) mass is 422 g/mol. The van der Waals surface area contributed by atoms with Crippen molar-refractivity contribution >= 4 is 11.6 Å². The molecule has 0 aliphatic heterocycles. The van der Waals surface area contributed by atoms with Crippen LogP contribution in [0.1, 0.15) is 41.9 Å². The number of benzene rings is 2. The fourth-order valence-corrected chi connectivity index (χ4v) is 3.24. The highest BCUT2D eigenvalue weighted by Gasteiger charge is 2.18. The molecule has 1 heterocycles. The Morgan fingerprint density at radius 3 is 2.32 bits per heavy atom. The molecule has 1 amide bonds. The number of hydrogen-bond acceptors (Lipinski definition) is 5. The Bertz CT molecular complexity index is 1120. The lowest BCUT2D eigenvalue weighted by Crippen LogP contribution is -2.23. The Labute approximate surface area is 180 Å². The lowest BCUT2D eigenvalue weighted by Gasteiger charge is -2.08. The lowest BCUT2D eigenvalue weighted by atomic mass is 10.1. The number of amides is 1. The number of H-pyrrole nitrogens is 1. The van der Waals surface area contributed by atoms with Gasteiger partial charge < -0.3 is 9.47 Å². The van der Waals surface area contributed by atoms with E-state index in [0.717, 1.165) is 17.8 Å². The normalized spacial score (nSPS) is 11.3. The van der Waals surface area contributed by atoms with Gasteiger partial charge in [0.05, 0.1) is 31.2 Å². The van der Waals surface area contributed by atoms with Crippen molar-refractivity contribution < 1.29 is 14.3 Å². The molecule has 8 heteroatoms. The predicted molar refractivity (Wildman–Crippen MR) is 120 cm³/mol. The molecular formula is C23H26N4O4. The van der Waals surface area contributed by atoms with Crippen LogP contribution in [0.4, 0.5) is 0 Å². The molecule has 31 heavy (non-hydrogen) atoms. The van der Waals surface area contributed by atoms with Crippen LogP contribution in [0.2, 0.25) is 0 Å². The van der Waals surface area contributed by atoms with E-state index < -0.39 is 5.91 Å². The van der Waals surface area contributed by atoms with Gasteiger partial charge in [-0.05, 0) is 37.6 Å². The van der Waals surface area contributed by atoms with Gasteiger partial charge in [-0.1, -0.05) is 31.5 Å². The van der Waals surface area contributed by atoms with Crippen LogP contribution in [0.5, 0.6) is 11.5 Å². The first-order valence-corrected chi connectivity index (χ1v) is 9.95. The number of carbonyl (C=O) groups excluding carboxylic acids is 1. The summed E-state index contributed by atoms with van der Waals surface area (Å²) in [6.45, 7) is 3.73. The zero-order valence-corrected chi connectivity index (χ0v) is 18.1. The van der Waals surface area contributed by atoms with Gasteiger partial charge >= 0.3 is 0 Å². The third kappa shape index (κ3) is 4.85. The molecule has 2 aromatic carbocycles. The Morgan fingerprint density at radius 2 is 1.74 bits per heavy atom. The van der Waals surface area contributed by atoms with Gasteiger partial charge in [0.2, 0.25) is 0 Å². The summed E-state index contributed by atoms with van der Waals surface area (Å²) < 4.78 is 11.9. The maximum absolute atomic E-state index is 13.1. The van der Waals surface area contributed by atoms with Gasteiger partial charge in [-0.3, -0.25) is 14.7 Å². The highest BCUT2D eigenvalue weighted by Crippen LogP contribution is 2.22. The first-order chi connectivity index (χ1) is 15.0. The molecular weight excluding hydrogens is 396 g/mol. The number of methoxy groups -OCH3 is 2. The number of hydrogen-bond donors (Lipinski definition) is 2. The molecule has 8 nitrogen and oxygen atoms in total. The second kappa shape index (κ2) is 9.80. The Balaban J connectivity index is 1.92. The maximum atomic E-state index is 13.1. The van der Waals surface area contributed by atoms with E-state index in [1.165, 1.54) is 18.9 Å². The number of carbonyl (C=O) groups is 1. The average Bonchev–Trinajstić information content (AvgIpc) is 3.13. The third-order valence-electron chi connectivity index (χ3n) is 4.78.